The monoisotopic (exact) mass is 280 g/mol. The van der Waals surface area contributed by atoms with Gasteiger partial charge in [-0.05, 0) is 25.0 Å². The molecule has 2 amide bonds. The van der Waals surface area contributed by atoms with E-state index in [9.17, 15) is 9.59 Å². The molecular weight excluding hydrogens is 260 g/mol. The molecule has 0 aliphatic rings. The zero-order valence-electron chi connectivity index (χ0n) is 11.9. The predicted molar refractivity (Wildman–Crippen MR) is 76.0 cm³/mol. The fourth-order valence-corrected chi connectivity index (χ4v) is 1.55. The van der Waals surface area contributed by atoms with Gasteiger partial charge in [0.15, 0.2) is 0 Å². The highest BCUT2D eigenvalue weighted by molar-refractivity contribution is 5.85. The summed E-state index contributed by atoms with van der Waals surface area (Å²) in [4.78, 5) is 22.8. The van der Waals surface area contributed by atoms with Gasteiger partial charge in [0.2, 0.25) is 0 Å². The van der Waals surface area contributed by atoms with Gasteiger partial charge in [-0.25, -0.2) is 9.59 Å². The SMILES string of the molecule is CCC(CC)OC(=O)Nc1cccc(OC(=O)NC)c1. The summed E-state index contributed by atoms with van der Waals surface area (Å²) >= 11 is 0. The number of rotatable bonds is 5. The standard InChI is InChI=1S/C14H20N2O4/c1-4-11(5-2)19-14(18)16-10-7-6-8-12(9-10)20-13(17)15-3/h6-9,11H,4-5H2,1-3H3,(H,15,17)(H,16,18). The molecule has 0 spiro atoms. The Kier molecular flexibility index (Phi) is 6.36. The van der Waals surface area contributed by atoms with Crippen LogP contribution in [0.15, 0.2) is 24.3 Å². The van der Waals surface area contributed by atoms with Gasteiger partial charge in [0, 0.05) is 18.8 Å². The molecule has 0 atom stereocenters. The third kappa shape index (κ3) is 5.17. The van der Waals surface area contributed by atoms with E-state index in [-0.39, 0.29) is 6.10 Å². The Morgan fingerprint density at radius 2 is 1.90 bits per heavy atom. The van der Waals surface area contributed by atoms with Crippen LogP contribution in [0.3, 0.4) is 0 Å². The van der Waals surface area contributed by atoms with Crippen molar-refractivity contribution in [3.63, 3.8) is 0 Å². The summed E-state index contributed by atoms with van der Waals surface area (Å²) in [6, 6.07) is 6.52. The summed E-state index contributed by atoms with van der Waals surface area (Å²) in [5, 5.41) is 4.94. The van der Waals surface area contributed by atoms with Crippen LogP contribution >= 0.6 is 0 Å². The number of benzene rings is 1. The second kappa shape index (κ2) is 8.04. The molecule has 1 rings (SSSR count). The van der Waals surface area contributed by atoms with E-state index in [1.54, 1.807) is 24.3 Å². The summed E-state index contributed by atoms with van der Waals surface area (Å²) in [6.45, 7) is 3.92. The average Bonchev–Trinajstić information content (AvgIpc) is 2.44. The Bertz CT molecular complexity index is 458. The van der Waals surface area contributed by atoms with Gasteiger partial charge in [-0.15, -0.1) is 0 Å². The van der Waals surface area contributed by atoms with Crippen molar-refractivity contribution in [3.05, 3.63) is 24.3 Å². The summed E-state index contributed by atoms with van der Waals surface area (Å²) in [5.41, 5.74) is 0.502. The number of anilines is 1. The summed E-state index contributed by atoms with van der Waals surface area (Å²) in [6.07, 6.45) is 0.353. The van der Waals surface area contributed by atoms with Crippen LogP contribution in [0.2, 0.25) is 0 Å². The lowest BCUT2D eigenvalue weighted by atomic mass is 10.2. The molecule has 0 unspecified atom stereocenters. The Balaban J connectivity index is 2.61. The number of hydrogen-bond donors (Lipinski definition) is 2. The zero-order valence-corrected chi connectivity index (χ0v) is 11.9. The molecule has 0 radical (unpaired) electrons. The minimum atomic E-state index is -0.568. The molecule has 1 aromatic rings. The van der Waals surface area contributed by atoms with Crippen molar-refractivity contribution in [3.8, 4) is 5.75 Å². The molecule has 0 fully saturated rings. The van der Waals surface area contributed by atoms with Crippen LogP contribution in [0, 0.1) is 0 Å². The van der Waals surface area contributed by atoms with Crippen molar-refractivity contribution in [1.29, 1.82) is 0 Å². The molecule has 0 heterocycles. The van der Waals surface area contributed by atoms with E-state index in [1.807, 2.05) is 13.8 Å². The summed E-state index contributed by atoms with van der Waals surface area (Å²) in [7, 11) is 1.47. The van der Waals surface area contributed by atoms with E-state index in [0.29, 0.717) is 11.4 Å². The quantitative estimate of drug-likeness (QED) is 0.868. The maximum Gasteiger partial charge on any atom is 0.412 e. The lowest BCUT2D eigenvalue weighted by Crippen LogP contribution is -2.22. The van der Waals surface area contributed by atoms with Gasteiger partial charge in [-0.1, -0.05) is 19.9 Å². The fraction of sp³-hybridized carbons (Fsp3) is 0.429. The molecule has 2 N–H and O–H groups in total. The molecule has 0 saturated carbocycles. The molecule has 0 bridgehead atoms. The molecule has 0 aliphatic carbocycles. The maximum absolute atomic E-state index is 11.7. The van der Waals surface area contributed by atoms with E-state index in [1.165, 1.54) is 7.05 Å². The van der Waals surface area contributed by atoms with Crippen LogP contribution in [0.1, 0.15) is 26.7 Å². The first-order chi connectivity index (χ1) is 9.58. The number of carbonyl (C=O) groups is 2. The zero-order chi connectivity index (χ0) is 15.0. The molecule has 0 aliphatic heterocycles. The Morgan fingerprint density at radius 1 is 1.20 bits per heavy atom. The van der Waals surface area contributed by atoms with Crippen LogP contribution in [0.5, 0.6) is 5.75 Å². The van der Waals surface area contributed by atoms with Gasteiger partial charge in [0.05, 0.1) is 0 Å². The maximum atomic E-state index is 11.7. The topological polar surface area (TPSA) is 76.7 Å². The third-order valence-corrected chi connectivity index (χ3v) is 2.68. The van der Waals surface area contributed by atoms with Crippen molar-refractivity contribution in [2.24, 2.45) is 0 Å². The van der Waals surface area contributed by atoms with Gasteiger partial charge in [0.1, 0.15) is 11.9 Å². The van der Waals surface area contributed by atoms with Crippen molar-refractivity contribution in [1.82, 2.24) is 5.32 Å². The van der Waals surface area contributed by atoms with Crippen LogP contribution in [-0.4, -0.2) is 25.3 Å². The Hall–Kier alpha value is -2.24. The highest BCUT2D eigenvalue weighted by atomic mass is 16.6. The minimum Gasteiger partial charge on any atom is -0.446 e. The van der Waals surface area contributed by atoms with E-state index < -0.39 is 12.2 Å². The first-order valence-corrected chi connectivity index (χ1v) is 6.56. The number of ether oxygens (including phenoxy) is 2. The van der Waals surface area contributed by atoms with Gasteiger partial charge in [-0.3, -0.25) is 5.32 Å². The van der Waals surface area contributed by atoms with E-state index >= 15 is 0 Å². The van der Waals surface area contributed by atoms with E-state index in [2.05, 4.69) is 10.6 Å². The number of hydrogen-bond acceptors (Lipinski definition) is 4. The Morgan fingerprint density at radius 3 is 2.50 bits per heavy atom. The fourth-order valence-electron chi connectivity index (χ4n) is 1.55. The molecule has 1 aromatic carbocycles. The van der Waals surface area contributed by atoms with Crippen molar-refractivity contribution in [2.45, 2.75) is 32.8 Å². The first-order valence-electron chi connectivity index (χ1n) is 6.56. The second-order valence-corrected chi connectivity index (χ2v) is 4.14. The van der Waals surface area contributed by atoms with Gasteiger partial charge in [-0.2, -0.15) is 0 Å². The minimum absolute atomic E-state index is 0.0969. The number of carbonyl (C=O) groups excluding carboxylic acids is 2. The lowest BCUT2D eigenvalue weighted by Gasteiger charge is -2.14. The highest BCUT2D eigenvalue weighted by Gasteiger charge is 2.11. The first kappa shape index (κ1) is 15.8. The number of nitrogens with one attached hydrogen (secondary N) is 2. The van der Waals surface area contributed by atoms with Gasteiger partial charge in [0.25, 0.3) is 0 Å². The Labute approximate surface area is 118 Å². The molecular formula is C14H20N2O4. The largest absolute Gasteiger partial charge is 0.446 e. The van der Waals surface area contributed by atoms with Crippen molar-refractivity contribution in [2.75, 3.05) is 12.4 Å². The summed E-state index contributed by atoms with van der Waals surface area (Å²) in [5.74, 6) is 0.338. The smallest absolute Gasteiger partial charge is 0.412 e. The van der Waals surface area contributed by atoms with E-state index in [4.69, 9.17) is 9.47 Å². The molecule has 0 aromatic heterocycles. The van der Waals surface area contributed by atoms with E-state index in [0.717, 1.165) is 12.8 Å². The van der Waals surface area contributed by atoms with Crippen LogP contribution in [-0.2, 0) is 4.74 Å². The van der Waals surface area contributed by atoms with Crippen molar-refractivity contribution >= 4 is 17.9 Å². The third-order valence-electron chi connectivity index (χ3n) is 2.68. The lowest BCUT2D eigenvalue weighted by molar-refractivity contribution is 0.106. The second-order valence-electron chi connectivity index (χ2n) is 4.14. The normalized spacial score (nSPS) is 10.0. The molecule has 0 saturated heterocycles. The van der Waals surface area contributed by atoms with Gasteiger partial charge < -0.3 is 14.8 Å². The van der Waals surface area contributed by atoms with Crippen LogP contribution in [0.4, 0.5) is 15.3 Å². The predicted octanol–water partition coefficient (Wildman–Crippen LogP) is 3.14. The molecule has 6 nitrogen and oxygen atoms in total. The molecule has 20 heavy (non-hydrogen) atoms. The summed E-state index contributed by atoms with van der Waals surface area (Å²) < 4.78 is 10.2. The molecule has 6 heteroatoms. The van der Waals surface area contributed by atoms with Gasteiger partial charge >= 0.3 is 12.2 Å². The highest BCUT2D eigenvalue weighted by Crippen LogP contribution is 2.18. The molecule has 110 valence electrons. The van der Waals surface area contributed by atoms with Crippen LogP contribution in [0.25, 0.3) is 0 Å². The van der Waals surface area contributed by atoms with Crippen LogP contribution < -0.4 is 15.4 Å². The average molecular weight is 280 g/mol. The number of amides is 2. The van der Waals surface area contributed by atoms with Crippen molar-refractivity contribution < 1.29 is 19.1 Å².